The number of hydrogen-bond donors (Lipinski definition) is 1. The predicted molar refractivity (Wildman–Crippen MR) is 97.1 cm³/mol. The summed E-state index contributed by atoms with van der Waals surface area (Å²) in [5, 5.41) is 0. The fraction of sp³-hybridized carbons (Fsp3) is 0.200. The number of hydrogen-bond acceptors (Lipinski definition) is 4. The molecule has 6 nitrogen and oxygen atoms in total. The van der Waals surface area contributed by atoms with Crippen LogP contribution in [-0.2, 0) is 13.6 Å². The summed E-state index contributed by atoms with van der Waals surface area (Å²) in [6.07, 6.45) is 1.89. The van der Waals surface area contributed by atoms with Gasteiger partial charge in [-0.3, -0.25) is 10.5 Å². The van der Waals surface area contributed by atoms with Crippen molar-refractivity contribution in [2.24, 2.45) is 7.05 Å². The Morgan fingerprint density at radius 2 is 1.88 bits per heavy atom. The van der Waals surface area contributed by atoms with Gasteiger partial charge in [-0.2, -0.15) is 0 Å². The number of Topliss-reactive ketones (excluding diaryl/α,β-unsaturated/α-hetero) is 1. The Morgan fingerprint density at radius 3 is 2.65 bits per heavy atom. The van der Waals surface area contributed by atoms with E-state index in [1.807, 2.05) is 67.2 Å². The molecule has 132 valence electrons. The second kappa shape index (κ2) is 6.22. The van der Waals surface area contributed by atoms with Gasteiger partial charge < -0.3 is 9.47 Å². The Bertz CT molecular complexity index is 990. The molecule has 3 aromatic rings. The van der Waals surface area contributed by atoms with E-state index in [0.717, 1.165) is 22.6 Å². The molecule has 0 amide bonds. The van der Waals surface area contributed by atoms with Crippen molar-refractivity contribution >= 4 is 11.7 Å². The van der Waals surface area contributed by atoms with E-state index in [1.54, 1.807) is 4.57 Å². The van der Waals surface area contributed by atoms with Crippen LogP contribution in [0, 0.1) is 6.92 Å². The predicted octanol–water partition coefficient (Wildman–Crippen LogP) is 2.48. The van der Waals surface area contributed by atoms with Crippen molar-refractivity contribution in [2.75, 3.05) is 12.5 Å². The highest BCUT2D eigenvalue weighted by molar-refractivity contribution is 5.95. The van der Waals surface area contributed by atoms with Crippen LogP contribution in [0.25, 0.3) is 11.3 Å². The number of imidazole rings is 1. The third-order valence-corrected chi connectivity index (χ3v) is 4.63. The summed E-state index contributed by atoms with van der Waals surface area (Å²) >= 11 is 0. The Labute approximate surface area is 151 Å². The summed E-state index contributed by atoms with van der Waals surface area (Å²) < 4.78 is 14.4. The number of aromatic nitrogens is 2. The number of rotatable bonds is 4. The third-order valence-electron chi connectivity index (χ3n) is 4.63. The summed E-state index contributed by atoms with van der Waals surface area (Å²) in [5.41, 5.74) is 9.87. The smallest absolute Gasteiger partial charge is 0.355 e. The van der Waals surface area contributed by atoms with E-state index in [0.29, 0.717) is 17.3 Å². The van der Waals surface area contributed by atoms with Crippen LogP contribution in [0.15, 0.2) is 48.7 Å². The number of aryl methyl sites for hydroxylation is 1. The van der Waals surface area contributed by atoms with E-state index in [-0.39, 0.29) is 19.1 Å². The lowest BCUT2D eigenvalue weighted by molar-refractivity contribution is -0.667. The second-order valence-corrected chi connectivity index (χ2v) is 6.42. The topological polar surface area (TPSA) is 70.4 Å². The van der Waals surface area contributed by atoms with Crippen molar-refractivity contribution in [2.45, 2.75) is 13.5 Å². The van der Waals surface area contributed by atoms with Crippen molar-refractivity contribution in [3.63, 3.8) is 0 Å². The molecule has 4 rings (SSSR count). The molecule has 0 aliphatic carbocycles. The molecule has 2 N–H and O–H groups in total. The van der Waals surface area contributed by atoms with E-state index in [4.69, 9.17) is 15.2 Å². The largest absolute Gasteiger partial charge is 0.454 e. The third kappa shape index (κ3) is 2.79. The summed E-state index contributed by atoms with van der Waals surface area (Å²) in [5.74, 6) is 1.98. The minimum absolute atomic E-state index is 0.0181. The summed E-state index contributed by atoms with van der Waals surface area (Å²) in [6, 6.07) is 13.3. The van der Waals surface area contributed by atoms with Crippen LogP contribution in [0.5, 0.6) is 11.5 Å². The van der Waals surface area contributed by atoms with Gasteiger partial charge in [0.2, 0.25) is 6.79 Å². The maximum atomic E-state index is 12.6. The van der Waals surface area contributed by atoms with Crippen LogP contribution in [0.2, 0.25) is 0 Å². The molecule has 0 saturated carbocycles. The number of ether oxygens (including phenoxy) is 2. The number of ketones is 1. The number of anilines is 1. The van der Waals surface area contributed by atoms with Crippen molar-refractivity contribution in [1.29, 1.82) is 0 Å². The lowest BCUT2D eigenvalue weighted by Crippen LogP contribution is -2.39. The van der Waals surface area contributed by atoms with E-state index < -0.39 is 0 Å². The molecular formula is C20H20N3O3+. The second-order valence-electron chi connectivity index (χ2n) is 6.42. The van der Waals surface area contributed by atoms with Crippen molar-refractivity contribution < 1.29 is 18.8 Å². The molecule has 2 heterocycles. The standard InChI is InChI=1S/C20H19N3O3/c1-13-3-5-14(6-4-13)17(24)11-23-10-16(22(2)20(23)21)15-7-8-18-19(9-15)26-12-25-18/h3-10,21H,11-12H2,1-2H3/p+1. The van der Waals surface area contributed by atoms with E-state index in [9.17, 15) is 4.79 Å². The molecule has 0 spiro atoms. The molecule has 0 unspecified atom stereocenters. The number of carbonyl (C=O) groups is 1. The van der Waals surface area contributed by atoms with E-state index in [2.05, 4.69) is 0 Å². The number of nitrogen functional groups attached to an aromatic ring is 1. The molecule has 0 fully saturated rings. The van der Waals surface area contributed by atoms with Gasteiger partial charge in [-0.15, -0.1) is 0 Å². The molecule has 2 aromatic carbocycles. The molecule has 1 aliphatic rings. The van der Waals surface area contributed by atoms with Gasteiger partial charge in [-0.1, -0.05) is 29.8 Å². The molecular weight excluding hydrogens is 330 g/mol. The fourth-order valence-corrected chi connectivity index (χ4v) is 3.05. The van der Waals surface area contributed by atoms with Gasteiger partial charge in [0.25, 0.3) is 0 Å². The molecule has 0 bridgehead atoms. The van der Waals surface area contributed by atoms with E-state index >= 15 is 0 Å². The van der Waals surface area contributed by atoms with Gasteiger partial charge in [0.15, 0.2) is 17.3 Å². The van der Waals surface area contributed by atoms with Crippen LogP contribution in [0.3, 0.4) is 0 Å². The van der Waals surface area contributed by atoms with Gasteiger partial charge in [-0.25, -0.2) is 9.13 Å². The molecule has 0 radical (unpaired) electrons. The maximum Gasteiger partial charge on any atom is 0.355 e. The Balaban J connectivity index is 1.63. The van der Waals surface area contributed by atoms with Crippen LogP contribution in [-0.4, -0.2) is 17.1 Å². The van der Waals surface area contributed by atoms with Crippen LogP contribution in [0.1, 0.15) is 15.9 Å². The lowest BCUT2D eigenvalue weighted by atomic mass is 10.1. The van der Waals surface area contributed by atoms with Gasteiger partial charge in [0.1, 0.15) is 18.4 Å². The number of carbonyl (C=O) groups excluding carboxylic acids is 1. The van der Waals surface area contributed by atoms with E-state index in [1.165, 1.54) is 0 Å². The minimum Gasteiger partial charge on any atom is -0.454 e. The molecule has 0 saturated heterocycles. The first-order valence-electron chi connectivity index (χ1n) is 8.37. The zero-order valence-electron chi connectivity index (χ0n) is 14.7. The van der Waals surface area contributed by atoms with Crippen LogP contribution in [0.4, 0.5) is 5.95 Å². The van der Waals surface area contributed by atoms with Crippen molar-refractivity contribution in [3.8, 4) is 22.8 Å². The first kappa shape index (κ1) is 16.2. The first-order chi connectivity index (χ1) is 12.5. The first-order valence-corrected chi connectivity index (χ1v) is 8.37. The number of benzene rings is 2. The Morgan fingerprint density at radius 1 is 1.15 bits per heavy atom. The highest BCUT2D eigenvalue weighted by Gasteiger charge is 2.22. The lowest BCUT2D eigenvalue weighted by Gasteiger charge is -2.01. The monoisotopic (exact) mass is 350 g/mol. The zero-order valence-corrected chi connectivity index (χ0v) is 14.7. The van der Waals surface area contributed by atoms with Crippen LogP contribution < -0.4 is 19.8 Å². The van der Waals surface area contributed by atoms with Gasteiger partial charge >= 0.3 is 5.95 Å². The average Bonchev–Trinajstić information content (AvgIpc) is 3.21. The molecule has 1 aliphatic heterocycles. The quantitative estimate of drug-likeness (QED) is 0.580. The Hall–Kier alpha value is -3.28. The van der Waals surface area contributed by atoms with Gasteiger partial charge in [0, 0.05) is 11.1 Å². The molecule has 26 heavy (non-hydrogen) atoms. The molecule has 0 atom stereocenters. The van der Waals surface area contributed by atoms with Crippen molar-refractivity contribution in [1.82, 2.24) is 4.57 Å². The molecule has 6 heteroatoms. The zero-order chi connectivity index (χ0) is 18.3. The Kier molecular flexibility index (Phi) is 3.88. The van der Waals surface area contributed by atoms with Gasteiger partial charge in [-0.05, 0) is 25.1 Å². The summed E-state index contributed by atoms with van der Waals surface area (Å²) in [4.78, 5) is 12.6. The highest BCUT2D eigenvalue weighted by atomic mass is 16.7. The normalized spacial score (nSPS) is 12.4. The minimum atomic E-state index is 0.0181. The maximum absolute atomic E-state index is 12.6. The highest BCUT2D eigenvalue weighted by Crippen LogP contribution is 2.35. The van der Waals surface area contributed by atoms with Crippen LogP contribution >= 0.6 is 0 Å². The number of nitrogens with zero attached hydrogens (tertiary/aromatic N) is 2. The molecule has 1 aromatic heterocycles. The van der Waals surface area contributed by atoms with Gasteiger partial charge in [0.05, 0.1) is 7.05 Å². The van der Waals surface area contributed by atoms with Crippen molar-refractivity contribution in [3.05, 3.63) is 59.8 Å². The summed E-state index contributed by atoms with van der Waals surface area (Å²) in [6.45, 7) is 2.42. The fourth-order valence-electron chi connectivity index (χ4n) is 3.05. The number of nitrogens with two attached hydrogens (primary N) is 1. The average molecular weight is 350 g/mol. The number of fused-ring (bicyclic) bond motifs is 1. The summed E-state index contributed by atoms with van der Waals surface area (Å²) in [7, 11) is 1.88. The SMILES string of the molecule is Cc1ccc(C(=O)C[n+]2cc(-c3ccc4c(c3)OCO4)n(C)c2N)cc1.